The van der Waals surface area contributed by atoms with Gasteiger partial charge in [0.15, 0.2) is 5.82 Å². The van der Waals surface area contributed by atoms with Crippen LogP contribution in [-0.2, 0) is 6.54 Å². The number of H-pyrrole nitrogens is 1. The highest BCUT2D eigenvalue weighted by Crippen LogP contribution is 2.39. The van der Waals surface area contributed by atoms with Crippen LogP contribution in [0.3, 0.4) is 0 Å². The van der Waals surface area contributed by atoms with Crippen LogP contribution in [0.15, 0.2) is 59.5 Å². The van der Waals surface area contributed by atoms with Gasteiger partial charge in [0.05, 0.1) is 6.54 Å². The monoisotopic (exact) mass is 334 g/mol. The van der Waals surface area contributed by atoms with Crippen molar-refractivity contribution >= 4 is 11.7 Å². The first-order valence-corrected chi connectivity index (χ1v) is 8.31. The number of carbonyl (C=O) groups is 1. The van der Waals surface area contributed by atoms with Gasteiger partial charge in [0.1, 0.15) is 5.56 Å². The molecule has 4 rings (SSSR count). The number of aromatic nitrogens is 3. The molecule has 1 amide bonds. The highest BCUT2D eigenvalue weighted by atomic mass is 16.2. The fraction of sp³-hybridized carbons (Fsp3) is 0.211. The predicted octanol–water partition coefficient (Wildman–Crippen LogP) is 2.75. The zero-order valence-corrected chi connectivity index (χ0v) is 13.6. The van der Waals surface area contributed by atoms with Crippen molar-refractivity contribution in [3.8, 4) is 0 Å². The Kier molecular flexibility index (Phi) is 3.93. The van der Waals surface area contributed by atoms with Crippen molar-refractivity contribution in [2.45, 2.75) is 25.3 Å². The smallest absolute Gasteiger partial charge is 0.263 e. The van der Waals surface area contributed by atoms with Crippen LogP contribution < -0.4 is 10.9 Å². The van der Waals surface area contributed by atoms with Crippen molar-refractivity contribution in [1.29, 1.82) is 0 Å². The normalized spacial score (nSPS) is 13.6. The molecule has 1 fully saturated rings. The minimum atomic E-state index is -0.443. The number of nitrogens with zero attached hydrogens (tertiary/aromatic N) is 2. The Balaban J connectivity index is 1.53. The third-order valence-electron chi connectivity index (χ3n) is 4.32. The molecule has 1 aromatic carbocycles. The second-order valence-corrected chi connectivity index (χ2v) is 6.28. The molecule has 0 radical (unpaired) electrons. The van der Waals surface area contributed by atoms with Crippen LogP contribution in [-0.4, -0.2) is 20.7 Å². The molecule has 6 heteroatoms. The molecule has 0 unspecified atom stereocenters. The zero-order valence-electron chi connectivity index (χ0n) is 13.6. The molecule has 0 aliphatic heterocycles. The van der Waals surface area contributed by atoms with Crippen LogP contribution in [0.25, 0.3) is 0 Å². The lowest BCUT2D eigenvalue weighted by atomic mass is 10.2. The van der Waals surface area contributed by atoms with Gasteiger partial charge in [-0.2, -0.15) is 5.10 Å². The van der Waals surface area contributed by atoms with Gasteiger partial charge in [-0.3, -0.25) is 14.7 Å². The Hall–Kier alpha value is -3.15. The van der Waals surface area contributed by atoms with Gasteiger partial charge >= 0.3 is 0 Å². The molecule has 0 spiro atoms. The Bertz CT molecular complexity index is 955. The highest BCUT2D eigenvalue weighted by molar-refractivity contribution is 6.03. The van der Waals surface area contributed by atoms with Crippen molar-refractivity contribution in [2.24, 2.45) is 0 Å². The van der Waals surface area contributed by atoms with E-state index in [0.29, 0.717) is 18.3 Å². The van der Waals surface area contributed by atoms with E-state index in [1.54, 1.807) is 12.3 Å². The molecule has 2 N–H and O–H groups in total. The van der Waals surface area contributed by atoms with Crippen molar-refractivity contribution in [2.75, 3.05) is 5.32 Å². The lowest BCUT2D eigenvalue weighted by Gasteiger charge is -2.08. The van der Waals surface area contributed by atoms with Crippen molar-refractivity contribution < 1.29 is 4.79 Å². The Morgan fingerprint density at radius 2 is 2.00 bits per heavy atom. The molecule has 126 valence electrons. The molecule has 6 nitrogen and oxygen atoms in total. The molecule has 2 aromatic heterocycles. The predicted molar refractivity (Wildman–Crippen MR) is 94.8 cm³/mol. The van der Waals surface area contributed by atoms with Gasteiger partial charge in [0.25, 0.3) is 11.5 Å². The van der Waals surface area contributed by atoms with Gasteiger partial charge in [0, 0.05) is 23.9 Å². The third kappa shape index (κ3) is 3.38. The minimum Gasteiger partial charge on any atom is -0.310 e. The summed E-state index contributed by atoms with van der Waals surface area (Å²) in [5, 5.41) is 9.73. The summed E-state index contributed by atoms with van der Waals surface area (Å²) in [6, 6.07) is 14.7. The molecule has 1 aliphatic rings. The number of hydrogen-bond donors (Lipinski definition) is 2. The molecule has 0 saturated heterocycles. The number of hydrogen-bond acceptors (Lipinski definition) is 3. The van der Waals surface area contributed by atoms with E-state index in [4.69, 9.17) is 0 Å². The van der Waals surface area contributed by atoms with Crippen molar-refractivity contribution in [3.05, 3.63) is 81.9 Å². The van der Waals surface area contributed by atoms with Gasteiger partial charge in [-0.05, 0) is 30.5 Å². The fourth-order valence-electron chi connectivity index (χ4n) is 2.80. The van der Waals surface area contributed by atoms with E-state index < -0.39 is 5.91 Å². The Morgan fingerprint density at radius 1 is 1.20 bits per heavy atom. The lowest BCUT2D eigenvalue weighted by molar-refractivity contribution is 0.102. The summed E-state index contributed by atoms with van der Waals surface area (Å²) in [5.74, 6) is 0.531. The van der Waals surface area contributed by atoms with Crippen LogP contribution in [0.5, 0.6) is 0 Å². The molecular weight excluding hydrogens is 316 g/mol. The van der Waals surface area contributed by atoms with Gasteiger partial charge in [-0.25, -0.2) is 0 Å². The number of nitrogens with one attached hydrogen (secondary N) is 2. The number of aromatic amines is 1. The quantitative estimate of drug-likeness (QED) is 0.753. The number of carbonyl (C=O) groups excluding carboxylic acids is 1. The topological polar surface area (TPSA) is 79.8 Å². The summed E-state index contributed by atoms with van der Waals surface area (Å²) in [6.07, 6.45) is 3.99. The summed E-state index contributed by atoms with van der Waals surface area (Å²) in [4.78, 5) is 25.1. The van der Waals surface area contributed by atoms with E-state index in [1.807, 2.05) is 36.4 Å². The first-order valence-electron chi connectivity index (χ1n) is 8.31. The average Bonchev–Trinajstić information content (AvgIpc) is 3.37. The SMILES string of the molecule is O=C(Nc1cc(C2CC2)[nH]n1)c1cccn(Cc2ccccc2)c1=O. The Labute approximate surface area is 144 Å². The first-order chi connectivity index (χ1) is 12.2. The molecule has 0 atom stereocenters. The summed E-state index contributed by atoms with van der Waals surface area (Å²) in [5.41, 5.74) is 1.82. The number of amides is 1. The van der Waals surface area contributed by atoms with Crippen LogP contribution in [0, 0.1) is 0 Å². The molecule has 25 heavy (non-hydrogen) atoms. The molecule has 2 heterocycles. The van der Waals surface area contributed by atoms with Gasteiger partial charge < -0.3 is 9.88 Å². The van der Waals surface area contributed by atoms with Crippen LogP contribution >= 0.6 is 0 Å². The minimum absolute atomic E-state index is 0.106. The van der Waals surface area contributed by atoms with Crippen LogP contribution in [0.4, 0.5) is 5.82 Å². The third-order valence-corrected chi connectivity index (χ3v) is 4.32. The summed E-state index contributed by atoms with van der Waals surface area (Å²) < 4.78 is 1.53. The average molecular weight is 334 g/mol. The number of pyridine rings is 1. The van der Waals surface area contributed by atoms with E-state index in [0.717, 1.165) is 24.1 Å². The first kappa shape index (κ1) is 15.4. The van der Waals surface area contributed by atoms with Gasteiger partial charge in [-0.1, -0.05) is 30.3 Å². The van der Waals surface area contributed by atoms with Gasteiger partial charge in [0.2, 0.25) is 0 Å². The standard InChI is InChI=1S/C19H18N4O2/c24-18(20-17-11-16(21-22-17)14-8-9-14)15-7-4-10-23(19(15)25)12-13-5-2-1-3-6-13/h1-7,10-11,14H,8-9,12H2,(H2,20,21,22,24). The number of rotatable bonds is 5. The summed E-state index contributed by atoms with van der Waals surface area (Å²) >= 11 is 0. The van der Waals surface area contributed by atoms with Crippen LogP contribution in [0.2, 0.25) is 0 Å². The van der Waals surface area contributed by atoms with E-state index >= 15 is 0 Å². The number of benzene rings is 1. The maximum absolute atomic E-state index is 12.6. The second-order valence-electron chi connectivity index (χ2n) is 6.28. The fourth-order valence-corrected chi connectivity index (χ4v) is 2.80. The van der Waals surface area contributed by atoms with Crippen molar-refractivity contribution in [1.82, 2.24) is 14.8 Å². The molecule has 1 aliphatic carbocycles. The van der Waals surface area contributed by atoms with Gasteiger partial charge in [-0.15, -0.1) is 0 Å². The largest absolute Gasteiger partial charge is 0.310 e. The zero-order chi connectivity index (χ0) is 17.2. The summed E-state index contributed by atoms with van der Waals surface area (Å²) in [6.45, 7) is 0.426. The number of anilines is 1. The summed E-state index contributed by atoms with van der Waals surface area (Å²) in [7, 11) is 0. The van der Waals surface area contributed by atoms with E-state index in [1.165, 1.54) is 10.6 Å². The molecular formula is C19H18N4O2. The Morgan fingerprint density at radius 3 is 2.76 bits per heavy atom. The maximum Gasteiger partial charge on any atom is 0.263 e. The molecule has 3 aromatic rings. The lowest BCUT2D eigenvalue weighted by Crippen LogP contribution is -2.29. The molecule has 0 bridgehead atoms. The van der Waals surface area contributed by atoms with Crippen LogP contribution in [0.1, 0.15) is 40.4 Å². The molecule has 1 saturated carbocycles. The van der Waals surface area contributed by atoms with E-state index in [-0.39, 0.29) is 11.1 Å². The second kappa shape index (κ2) is 6.39. The van der Waals surface area contributed by atoms with E-state index in [2.05, 4.69) is 15.5 Å². The maximum atomic E-state index is 12.6. The van der Waals surface area contributed by atoms with E-state index in [9.17, 15) is 9.59 Å². The van der Waals surface area contributed by atoms with Crippen molar-refractivity contribution in [3.63, 3.8) is 0 Å². The highest BCUT2D eigenvalue weighted by Gasteiger charge is 2.26.